The third-order valence-corrected chi connectivity index (χ3v) is 6.37. The predicted molar refractivity (Wildman–Crippen MR) is 117 cm³/mol. The fourth-order valence-corrected chi connectivity index (χ4v) is 4.98. The number of pyridine rings is 1. The molecule has 0 saturated carbocycles. The number of nitrogens with one attached hydrogen (secondary N) is 1. The first kappa shape index (κ1) is 23.2. The maximum absolute atomic E-state index is 13.8. The van der Waals surface area contributed by atoms with Crippen molar-refractivity contribution in [3.8, 4) is 18.0 Å². The molecule has 3 aromatic rings. The minimum Gasteiger partial charge on any atom is -0.420 e. The van der Waals surface area contributed by atoms with Crippen molar-refractivity contribution >= 4 is 11.8 Å². The highest BCUT2D eigenvalue weighted by Crippen LogP contribution is 2.47. The summed E-state index contributed by atoms with van der Waals surface area (Å²) >= 11 is 1.23. The first-order valence-electron chi connectivity index (χ1n) is 9.97. The fourth-order valence-electron chi connectivity index (χ4n) is 3.92. The zero-order valence-electron chi connectivity index (χ0n) is 18.0. The van der Waals surface area contributed by atoms with Gasteiger partial charge in [0.15, 0.2) is 0 Å². The van der Waals surface area contributed by atoms with Gasteiger partial charge in [-0.2, -0.15) is 23.7 Å². The summed E-state index contributed by atoms with van der Waals surface area (Å²) in [5, 5.41) is 26.6. The second kappa shape index (κ2) is 8.76. The molecule has 1 aliphatic heterocycles. The number of nitriles is 2. The Bertz CT molecular complexity index is 1400. The van der Waals surface area contributed by atoms with Gasteiger partial charge in [-0.25, -0.2) is 4.98 Å². The molecule has 0 radical (unpaired) electrons. The van der Waals surface area contributed by atoms with Gasteiger partial charge in [-0.1, -0.05) is 30.0 Å². The highest BCUT2D eigenvalue weighted by atomic mass is 32.2. The van der Waals surface area contributed by atoms with Crippen LogP contribution in [0.15, 0.2) is 46.8 Å². The summed E-state index contributed by atoms with van der Waals surface area (Å²) in [6.07, 6.45) is -4.65. The van der Waals surface area contributed by atoms with Crippen LogP contribution in [0.25, 0.3) is 0 Å². The van der Waals surface area contributed by atoms with Crippen LogP contribution in [-0.2, 0) is 11.9 Å². The molecule has 2 aromatic heterocycles. The van der Waals surface area contributed by atoms with Gasteiger partial charge in [-0.05, 0) is 37.1 Å². The molecular weight excluding hydrogens is 465 g/mol. The number of H-pyrrole nitrogens is 1. The van der Waals surface area contributed by atoms with Crippen LogP contribution in [0, 0.1) is 36.5 Å². The Balaban J connectivity index is 1.82. The van der Waals surface area contributed by atoms with E-state index in [1.807, 2.05) is 6.07 Å². The summed E-state index contributed by atoms with van der Waals surface area (Å²) in [4.78, 5) is 4.43. The Kier molecular flexibility index (Phi) is 5.98. The van der Waals surface area contributed by atoms with Crippen LogP contribution >= 0.6 is 11.8 Å². The zero-order chi connectivity index (χ0) is 24.6. The van der Waals surface area contributed by atoms with Crippen LogP contribution in [0.5, 0.6) is 5.88 Å². The van der Waals surface area contributed by atoms with E-state index in [0.717, 1.165) is 17.3 Å². The Morgan fingerprint density at radius 3 is 2.62 bits per heavy atom. The van der Waals surface area contributed by atoms with Gasteiger partial charge in [0.05, 0.1) is 28.3 Å². The maximum atomic E-state index is 13.8. The molecule has 3 N–H and O–H groups in total. The van der Waals surface area contributed by atoms with Gasteiger partial charge >= 0.3 is 6.18 Å². The lowest BCUT2D eigenvalue weighted by Gasteiger charge is -2.26. The molecule has 3 heterocycles. The molecule has 1 atom stereocenters. The minimum absolute atomic E-state index is 0.00275. The number of nitrogens with two attached hydrogens (primary N) is 1. The summed E-state index contributed by atoms with van der Waals surface area (Å²) in [7, 11) is 0. The van der Waals surface area contributed by atoms with Crippen LogP contribution in [0.2, 0.25) is 0 Å². The summed E-state index contributed by atoms with van der Waals surface area (Å²) in [6.45, 7) is 3.61. The average Bonchev–Trinajstić information content (AvgIpc) is 3.18. The molecule has 172 valence electrons. The van der Waals surface area contributed by atoms with Crippen molar-refractivity contribution in [2.24, 2.45) is 5.73 Å². The van der Waals surface area contributed by atoms with Crippen molar-refractivity contribution in [2.75, 3.05) is 0 Å². The lowest BCUT2D eigenvalue weighted by molar-refractivity contribution is -0.138. The van der Waals surface area contributed by atoms with Gasteiger partial charge in [-0.3, -0.25) is 5.10 Å². The fraction of sp³-hybridized carbons (Fsp3) is 0.217. The van der Waals surface area contributed by atoms with Crippen molar-refractivity contribution in [3.05, 3.63) is 81.0 Å². The molecule has 0 amide bonds. The molecular formula is C23H17F3N6OS. The predicted octanol–water partition coefficient (Wildman–Crippen LogP) is 4.82. The number of benzene rings is 1. The molecule has 0 saturated heterocycles. The van der Waals surface area contributed by atoms with Gasteiger partial charge in [0.25, 0.3) is 0 Å². The average molecular weight is 482 g/mol. The van der Waals surface area contributed by atoms with Gasteiger partial charge in [0.1, 0.15) is 22.7 Å². The number of rotatable bonds is 4. The van der Waals surface area contributed by atoms with Crippen molar-refractivity contribution in [1.29, 1.82) is 10.5 Å². The highest BCUT2D eigenvalue weighted by molar-refractivity contribution is 7.98. The van der Waals surface area contributed by atoms with Crippen molar-refractivity contribution in [2.45, 2.75) is 36.7 Å². The van der Waals surface area contributed by atoms with E-state index < -0.39 is 17.7 Å². The second-order valence-electron chi connectivity index (χ2n) is 7.59. The van der Waals surface area contributed by atoms with E-state index >= 15 is 0 Å². The summed E-state index contributed by atoms with van der Waals surface area (Å²) in [5.41, 5.74) is 7.38. The number of aromatic nitrogens is 3. The monoisotopic (exact) mass is 482 g/mol. The van der Waals surface area contributed by atoms with Gasteiger partial charge in [-0.15, -0.1) is 5.10 Å². The number of aromatic amines is 1. The van der Waals surface area contributed by atoms with Gasteiger partial charge in [0, 0.05) is 11.4 Å². The van der Waals surface area contributed by atoms with Crippen molar-refractivity contribution in [3.63, 3.8) is 0 Å². The first-order chi connectivity index (χ1) is 16.2. The number of alkyl halides is 3. The number of ether oxygens (including phenoxy) is 1. The van der Waals surface area contributed by atoms with Crippen LogP contribution in [0.4, 0.5) is 13.2 Å². The zero-order valence-corrected chi connectivity index (χ0v) is 18.8. The summed E-state index contributed by atoms with van der Waals surface area (Å²) in [6, 6.07) is 10.9. The molecule has 1 aliphatic rings. The summed E-state index contributed by atoms with van der Waals surface area (Å²) < 4.78 is 47.0. The molecule has 0 fully saturated rings. The minimum atomic E-state index is -4.65. The van der Waals surface area contributed by atoms with E-state index in [9.17, 15) is 23.7 Å². The van der Waals surface area contributed by atoms with Crippen LogP contribution < -0.4 is 10.5 Å². The number of aryl methyl sites for hydroxylation is 2. The Morgan fingerprint density at radius 1 is 1.21 bits per heavy atom. The lowest BCUT2D eigenvalue weighted by atomic mass is 9.82. The quantitative estimate of drug-likeness (QED) is 0.511. The van der Waals surface area contributed by atoms with E-state index in [1.54, 1.807) is 19.9 Å². The van der Waals surface area contributed by atoms with Crippen LogP contribution in [-0.4, -0.2) is 15.2 Å². The van der Waals surface area contributed by atoms with E-state index in [-0.39, 0.29) is 34.2 Å². The second-order valence-corrected chi connectivity index (χ2v) is 8.56. The Hall–Kier alpha value is -3.96. The largest absolute Gasteiger partial charge is 0.420 e. The highest BCUT2D eigenvalue weighted by Gasteiger charge is 2.41. The van der Waals surface area contributed by atoms with E-state index in [4.69, 9.17) is 10.5 Å². The molecule has 11 heteroatoms. The lowest BCUT2D eigenvalue weighted by Crippen LogP contribution is -2.23. The molecule has 4 rings (SSSR count). The number of allylic oxidation sites excluding steroid dienone is 1. The molecule has 0 aliphatic carbocycles. The van der Waals surface area contributed by atoms with Crippen LogP contribution in [0.3, 0.4) is 0 Å². The maximum Gasteiger partial charge on any atom is 0.416 e. The number of hydrogen-bond donors (Lipinski definition) is 2. The van der Waals surface area contributed by atoms with Gasteiger partial charge < -0.3 is 10.5 Å². The molecule has 0 bridgehead atoms. The number of hydrogen-bond acceptors (Lipinski definition) is 7. The van der Waals surface area contributed by atoms with Gasteiger partial charge in [0.2, 0.25) is 11.8 Å². The van der Waals surface area contributed by atoms with Crippen LogP contribution in [0.1, 0.15) is 45.1 Å². The molecule has 1 aromatic carbocycles. The molecule has 0 unspecified atom stereocenters. The molecule has 7 nitrogen and oxygen atoms in total. The third kappa shape index (κ3) is 4.06. The molecule has 0 spiro atoms. The number of fused-ring (bicyclic) bond motifs is 1. The normalized spacial score (nSPS) is 15.3. The third-order valence-electron chi connectivity index (χ3n) is 5.37. The molecule has 34 heavy (non-hydrogen) atoms. The SMILES string of the molecule is Cc1cc(C)c(C#N)c(SCc2[nH]nc3c2[C@@H](c2ccccc2C(F)(F)F)C(C#N)=C(N)O3)n1. The Labute approximate surface area is 197 Å². The number of halogens is 3. The van der Waals surface area contributed by atoms with Crippen molar-refractivity contribution < 1.29 is 17.9 Å². The van der Waals surface area contributed by atoms with E-state index in [2.05, 4.69) is 21.3 Å². The standard InChI is InChI=1S/C23H17F3N6OS/c1-11-7-12(2)30-22(14(11)8-27)34-10-17-19-18(13-5-3-4-6-16(13)23(24,25)26)15(9-28)20(29)33-21(19)32-31-17/h3-7,18H,10,29H2,1-2H3,(H,31,32)/t18-/m0/s1. The van der Waals surface area contributed by atoms with E-state index in [1.165, 1.54) is 30.0 Å². The Morgan fingerprint density at radius 2 is 1.94 bits per heavy atom. The number of thioether (sulfide) groups is 1. The first-order valence-corrected chi connectivity index (χ1v) is 11.0. The summed E-state index contributed by atoms with van der Waals surface area (Å²) in [5.74, 6) is -1.24. The smallest absolute Gasteiger partial charge is 0.416 e. The van der Waals surface area contributed by atoms with Crippen molar-refractivity contribution in [1.82, 2.24) is 15.2 Å². The topological polar surface area (TPSA) is 124 Å². The number of nitrogens with zero attached hydrogens (tertiary/aromatic N) is 4. The van der Waals surface area contributed by atoms with E-state index in [0.29, 0.717) is 16.3 Å².